The lowest BCUT2D eigenvalue weighted by Crippen LogP contribution is -2.30. The number of hydrogen-bond acceptors (Lipinski definition) is 4. The number of fused-ring (bicyclic) bond motifs is 1. The van der Waals surface area contributed by atoms with Crippen LogP contribution in [0.2, 0.25) is 0 Å². The molecule has 1 aliphatic rings. The number of imidazole rings is 1. The minimum absolute atomic E-state index is 0.0385. The molecule has 0 saturated heterocycles. The Kier molecular flexibility index (Phi) is 3.75. The van der Waals surface area contributed by atoms with Gasteiger partial charge in [-0.05, 0) is 37.3 Å². The summed E-state index contributed by atoms with van der Waals surface area (Å²) in [5.74, 6) is -0.0385. The van der Waals surface area contributed by atoms with Crippen LogP contribution in [0.1, 0.15) is 37.5 Å². The van der Waals surface area contributed by atoms with Crippen molar-refractivity contribution in [1.82, 2.24) is 9.38 Å². The second-order valence-corrected chi connectivity index (χ2v) is 8.28. The molecule has 2 aromatic rings. The van der Waals surface area contributed by atoms with E-state index in [0.717, 1.165) is 18.5 Å². The lowest BCUT2D eigenvalue weighted by Gasteiger charge is -2.30. The van der Waals surface area contributed by atoms with Crippen molar-refractivity contribution in [2.45, 2.75) is 37.0 Å². The largest absolute Gasteiger partial charge is 0.386 e. The molecule has 0 aromatic carbocycles. The van der Waals surface area contributed by atoms with Gasteiger partial charge in [0.05, 0.1) is 10.9 Å². The van der Waals surface area contributed by atoms with Gasteiger partial charge in [-0.3, -0.25) is 0 Å². The smallest absolute Gasteiger partial charge is 0.150 e. The van der Waals surface area contributed by atoms with Gasteiger partial charge in [0.25, 0.3) is 0 Å². The fourth-order valence-electron chi connectivity index (χ4n) is 3.19. The number of rotatable bonds is 3. The molecule has 3 rings (SSSR count). The summed E-state index contributed by atoms with van der Waals surface area (Å²) in [6, 6.07) is 5.69. The monoisotopic (exact) mass is 308 g/mol. The maximum Gasteiger partial charge on any atom is 0.150 e. The number of sulfone groups is 1. The number of pyridine rings is 1. The van der Waals surface area contributed by atoms with Gasteiger partial charge in [-0.1, -0.05) is 12.5 Å². The maximum absolute atomic E-state index is 11.7. The Balaban J connectivity index is 1.82. The Morgan fingerprint density at radius 2 is 2.19 bits per heavy atom. The molecule has 1 aliphatic carbocycles. The molecule has 2 aromatic heterocycles. The molecule has 3 atom stereocenters. The molecular formula is C15H20N2O3S. The predicted molar refractivity (Wildman–Crippen MR) is 80.7 cm³/mol. The molecular weight excluding hydrogens is 288 g/mol. The third kappa shape index (κ3) is 2.96. The summed E-state index contributed by atoms with van der Waals surface area (Å²) in [5.41, 5.74) is 1.42. The van der Waals surface area contributed by atoms with Crippen LogP contribution in [0.15, 0.2) is 30.6 Å². The molecule has 21 heavy (non-hydrogen) atoms. The van der Waals surface area contributed by atoms with E-state index in [0.29, 0.717) is 18.5 Å². The van der Waals surface area contributed by atoms with Crippen molar-refractivity contribution >= 4 is 15.5 Å². The average Bonchev–Trinajstić information content (AvgIpc) is 2.89. The molecule has 0 amide bonds. The van der Waals surface area contributed by atoms with Gasteiger partial charge in [-0.15, -0.1) is 0 Å². The van der Waals surface area contributed by atoms with Crippen LogP contribution >= 0.6 is 0 Å². The number of aromatic nitrogens is 2. The number of aliphatic hydroxyl groups is 1. The molecule has 5 nitrogen and oxygen atoms in total. The van der Waals surface area contributed by atoms with E-state index in [9.17, 15) is 13.5 Å². The Bertz CT molecular complexity index is 705. The summed E-state index contributed by atoms with van der Waals surface area (Å²) < 4.78 is 25.3. The number of hydrogen-bond donors (Lipinski definition) is 1. The first-order chi connectivity index (χ1) is 9.95. The van der Waals surface area contributed by atoms with Crippen LogP contribution in [-0.4, -0.2) is 34.4 Å². The van der Waals surface area contributed by atoms with Crippen molar-refractivity contribution in [2.24, 2.45) is 5.92 Å². The highest BCUT2D eigenvalue weighted by Crippen LogP contribution is 2.36. The van der Waals surface area contributed by atoms with Gasteiger partial charge < -0.3 is 9.51 Å². The first-order valence-electron chi connectivity index (χ1n) is 7.26. The zero-order valence-corrected chi connectivity index (χ0v) is 12.8. The molecule has 2 heterocycles. The van der Waals surface area contributed by atoms with Gasteiger partial charge in [-0.25, -0.2) is 13.4 Å². The van der Waals surface area contributed by atoms with Crippen molar-refractivity contribution in [3.8, 4) is 0 Å². The second-order valence-electron chi connectivity index (χ2n) is 5.95. The van der Waals surface area contributed by atoms with Crippen molar-refractivity contribution in [3.05, 3.63) is 36.3 Å². The lowest BCUT2D eigenvalue weighted by atomic mass is 9.84. The van der Waals surface area contributed by atoms with Crippen LogP contribution in [0, 0.1) is 5.92 Å². The van der Waals surface area contributed by atoms with E-state index in [2.05, 4.69) is 4.98 Å². The standard InChI is InChI=1S/C15H20N2O3S/c1-21(19,20)12-6-4-5-11(9-12)15(18)13-10-17-8-3-2-7-14(17)16-13/h2-3,7-8,10-12,15,18H,4-6,9H2,1H3. The first kappa shape index (κ1) is 14.5. The van der Waals surface area contributed by atoms with Crippen LogP contribution in [-0.2, 0) is 9.84 Å². The van der Waals surface area contributed by atoms with Crippen LogP contribution in [0.4, 0.5) is 0 Å². The minimum atomic E-state index is -3.04. The van der Waals surface area contributed by atoms with Crippen molar-refractivity contribution in [2.75, 3.05) is 6.26 Å². The lowest BCUT2D eigenvalue weighted by molar-refractivity contribution is 0.0824. The van der Waals surface area contributed by atoms with Gasteiger partial charge in [0.1, 0.15) is 21.6 Å². The van der Waals surface area contributed by atoms with Gasteiger partial charge in [0.15, 0.2) is 0 Å². The molecule has 0 aliphatic heterocycles. The van der Waals surface area contributed by atoms with E-state index < -0.39 is 15.9 Å². The highest BCUT2D eigenvalue weighted by molar-refractivity contribution is 7.91. The van der Waals surface area contributed by atoms with E-state index in [1.807, 2.05) is 35.0 Å². The van der Waals surface area contributed by atoms with E-state index in [1.165, 1.54) is 6.26 Å². The Morgan fingerprint density at radius 3 is 2.90 bits per heavy atom. The van der Waals surface area contributed by atoms with Crippen LogP contribution in [0.3, 0.4) is 0 Å². The molecule has 1 saturated carbocycles. The first-order valence-corrected chi connectivity index (χ1v) is 9.21. The fraction of sp³-hybridized carbons (Fsp3) is 0.533. The summed E-state index contributed by atoms with van der Waals surface area (Å²) >= 11 is 0. The SMILES string of the molecule is CS(=O)(=O)C1CCCC(C(O)c2cn3ccccc3n2)C1. The molecule has 0 bridgehead atoms. The molecule has 3 unspecified atom stereocenters. The number of aliphatic hydroxyl groups excluding tert-OH is 1. The van der Waals surface area contributed by atoms with Crippen molar-refractivity contribution in [3.63, 3.8) is 0 Å². The molecule has 1 fully saturated rings. The summed E-state index contributed by atoms with van der Waals surface area (Å²) in [6.45, 7) is 0. The van der Waals surface area contributed by atoms with Gasteiger partial charge in [-0.2, -0.15) is 0 Å². The van der Waals surface area contributed by atoms with Crippen LogP contribution in [0.25, 0.3) is 5.65 Å². The fourth-order valence-corrected chi connectivity index (χ4v) is 4.39. The number of nitrogens with zero attached hydrogens (tertiary/aromatic N) is 2. The summed E-state index contributed by atoms with van der Waals surface area (Å²) in [5, 5.41) is 10.2. The Labute approximate surface area is 124 Å². The normalized spacial score (nSPS) is 25.0. The van der Waals surface area contributed by atoms with Gasteiger partial charge in [0.2, 0.25) is 0 Å². The zero-order chi connectivity index (χ0) is 15.0. The maximum atomic E-state index is 11.7. The molecule has 114 valence electrons. The van der Waals surface area contributed by atoms with Crippen LogP contribution in [0.5, 0.6) is 0 Å². The molecule has 1 N–H and O–H groups in total. The van der Waals surface area contributed by atoms with Gasteiger partial charge >= 0.3 is 0 Å². The predicted octanol–water partition coefficient (Wildman–Crippen LogP) is 1.97. The quantitative estimate of drug-likeness (QED) is 0.941. The molecule has 0 spiro atoms. The van der Waals surface area contributed by atoms with E-state index >= 15 is 0 Å². The van der Waals surface area contributed by atoms with E-state index in [1.54, 1.807) is 0 Å². The molecule has 0 radical (unpaired) electrons. The van der Waals surface area contributed by atoms with Crippen LogP contribution < -0.4 is 0 Å². The zero-order valence-electron chi connectivity index (χ0n) is 12.0. The van der Waals surface area contributed by atoms with E-state index in [-0.39, 0.29) is 11.2 Å². The minimum Gasteiger partial charge on any atom is -0.386 e. The third-order valence-corrected chi connectivity index (χ3v) is 6.04. The van der Waals surface area contributed by atoms with Crippen molar-refractivity contribution < 1.29 is 13.5 Å². The molecule has 6 heteroatoms. The summed E-state index contributed by atoms with van der Waals surface area (Å²) in [6.07, 6.45) is 7.21. The van der Waals surface area contributed by atoms with Gasteiger partial charge in [0, 0.05) is 18.6 Å². The second kappa shape index (κ2) is 5.42. The van der Waals surface area contributed by atoms with Crippen molar-refractivity contribution in [1.29, 1.82) is 0 Å². The highest BCUT2D eigenvalue weighted by Gasteiger charge is 2.33. The van der Waals surface area contributed by atoms with E-state index in [4.69, 9.17) is 0 Å². The Morgan fingerprint density at radius 1 is 1.38 bits per heavy atom. The highest BCUT2D eigenvalue weighted by atomic mass is 32.2. The third-order valence-electron chi connectivity index (χ3n) is 4.40. The topological polar surface area (TPSA) is 71.7 Å². The summed E-state index contributed by atoms with van der Waals surface area (Å²) in [4.78, 5) is 4.44. The Hall–Kier alpha value is -1.40. The summed E-state index contributed by atoms with van der Waals surface area (Å²) in [7, 11) is -3.04. The average molecular weight is 308 g/mol.